The van der Waals surface area contributed by atoms with Crippen LogP contribution in [0, 0.1) is 3.57 Å². The quantitative estimate of drug-likeness (QED) is 0.166. The number of Topliss-reactive ketones (excluding diaryl/α,β-unsaturated/α-hetero) is 1. The molecule has 9 heteroatoms. The molecule has 0 amide bonds. The molecule has 6 nitrogen and oxygen atoms in total. The topological polar surface area (TPSA) is 84.8 Å². The van der Waals surface area contributed by atoms with Crippen LogP contribution in [0.4, 0.5) is 5.69 Å². The monoisotopic (exact) mass is 544 g/mol. The van der Waals surface area contributed by atoms with Gasteiger partial charge in [0.05, 0.1) is 15.5 Å². The van der Waals surface area contributed by atoms with Gasteiger partial charge < -0.3 is 4.74 Å². The third kappa shape index (κ3) is 6.69. The van der Waals surface area contributed by atoms with Crippen LogP contribution in [-0.4, -0.2) is 27.5 Å². The highest BCUT2D eigenvalue weighted by atomic mass is 127. The number of ketones is 1. The maximum absolute atomic E-state index is 12.6. The summed E-state index contributed by atoms with van der Waals surface area (Å²) < 4.78 is 34.1. The summed E-state index contributed by atoms with van der Waals surface area (Å²) in [6.45, 7) is 5.09. The number of carbonyl (C=O) groups excluding carboxylic acids is 1. The molecule has 2 aromatic rings. The van der Waals surface area contributed by atoms with Crippen LogP contribution < -0.4 is 9.46 Å². The lowest BCUT2D eigenvalue weighted by atomic mass is 10.1. The summed E-state index contributed by atoms with van der Waals surface area (Å²) in [7, 11) is -2.22. The van der Waals surface area contributed by atoms with Gasteiger partial charge in [-0.2, -0.15) is 0 Å². The summed E-state index contributed by atoms with van der Waals surface area (Å²) in [4.78, 5) is 15.9. The van der Waals surface area contributed by atoms with Gasteiger partial charge in [-0.05, 0) is 72.0 Å². The van der Waals surface area contributed by atoms with Crippen molar-refractivity contribution in [1.29, 1.82) is 0 Å². The molecule has 0 atom stereocenters. The van der Waals surface area contributed by atoms with Crippen LogP contribution in [0.25, 0.3) is 0 Å². The molecule has 0 aliphatic heterocycles. The molecule has 1 N–H and O–H groups in total. The Hall–Kier alpha value is -2.17. The van der Waals surface area contributed by atoms with Gasteiger partial charge in [-0.3, -0.25) is 14.5 Å². The Labute approximate surface area is 188 Å². The number of hydrogen-bond acceptors (Lipinski definition) is 5. The minimum atomic E-state index is -3.80. The normalized spacial score (nSPS) is 12.1. The average Bonchev–Trinajstić information content (AvgIpc) is 2.63. The standard InChI is InChI=1S/C20H18ClIN2O4S/c1-13(10-15(21)12-23-3)28-20-9-6-17(11-19(20)14(2)25)24-29(26,27)18-7-4-16(22)5-8-18/h4-12,24H,1H2,2-3H3/b15-10+,23-12?. The Kier molecular flexibility index (Phi) is 8.00. The predicted octanol–water partition coefficient (Wildman–Crippen LogP) is 5.01. The number of sulfonamides is 1. The van der Waals surface area contributed by atoms with Crippen molar-refractivity contribution in [1.82, 2.24) is 0 Å². The lowest BCUT2D eigenvalue weighted by molar-refractivity contribution is 0.101. The van der Waals surface area contributed by atoms with Crippen molar-refractivity contribution in [3.8, 4) is 5.75 Å². The smallest absolute Gasteiger partial charge is 0.261 e. The van der Waals surface area contributed by atoms with Gasteiger partial charge >= 0.3 is 0 Å². The second-order valence-corrected chi connectivity index (χ2v) is 9.18. The summed E-state index contributed by atoms with van der Waals surface area (Å²) in [5, 5.41) is 0.309. The van der Waals surface area contributed by atoms with Crippen molar-refractivity contribution in [2.45, 2.75) is 11.8 Å². The summed E-state index contributed by atoms with van der Waals surface area (Å²) in [5.74, 6) is 0.131. The number of nitrogens with one attached hydrogen (secondary N) is 1. The number of allylic oxidation sites excluding steroid dienone is 2. The molecule has 0 unspecified atom stereocenters. The molecular formula is C20H18ClIN2O4S. The summed E-state index contributed by atoms with van der Waals surface area (Å²) in [6, 6.07) is 10.8. The second kappa shape index (κ2) is 10.0. The second-order valence-electron chi connectivity index (χ2n) is 5.81. The Morgan fingerprint density at radius 3 is 2.48 bits per heavy atom. The van der Waals surface area contributed by atoms with Crippen LogP contribution in [0.15, 0.2) is 75.8 Å². The van der Waals surface area contributed by atoms with Crippen molar-refractivity contribution in [2.24, 2.45) is 4.99 Å². The molecule has 0 aromatic heterocycles. The zero-order chi connectivity index (χ0) is 21.6. The highest BCUT2D eigenvalue weighted by molar-refractivity contribution is 14.1. The van der Waals surface area contributed by atoms with E-state index >= 15 is 0 Å². The van der Waals surface area contributed by atoms with E-state index in [4.69, 9.17) is 16.3 Å². The van der Waals surface area contributed by atoms with E-state index < -0.39 is 10.0 Å². The first kappa shape index (κ1) is 23.1. The molecule has 0 saturated carbocycles. The fraction of sp³-hybridized carbons (Fsp3) is 0.100. The Morgan fingerprint density at radius 2 is 1.90 bits per heavy atom. The van der Waals surface area contributed by atoms with E-state index in [1.807, 2.05) is 0 Å². The van der Waals surface area contributed by atoms with Gasteiger partial charge in [0.25, 0.3) is 10.0 Å². The number of ether oxygens (including phenoxy) is 1. The van der Waals surface area contributed by atoms with E-state index in [0.717, 1.165) is 3.57 Å². The van der Waals surface area contributed by atoms with Gasteiger partial charge in [0.2, 0.25) is 0 Å². The fourth-order valence-electron chi connectivity index (χ4n) is 2.27. The van der Waals surface area contributed by atoms with E-state index in [2.05, 4.69) is 38.9 Å². The molecular weight excluding hydrogens is 527 g/mol. The van der Waals surface area contributed by atoms with Crippen LogP contribution in [-0.2, 0) is 10.0 Å². The first-order valence-corrected chi connectivity index (χ1v) is 11.2. The number of benzene rings is 2. The van der Waals surface area contributed by atoms with Gasteiger partial charge in [0, 0.05) is 28.6 Å². The van der Waals surface area contributed by atoms with Crippen molar-refractivity contribution < 1.29 is 17.9 Å². The third-order valence-corrected chi connectivity index (χ3v) is 5.85. The average molecular weight is 545 g/mol. The first-order chi connectivity index (χ1) is 13.6. The SMILES string of the molecule is C=C(/C=C(/Cl)C=NC)Oc1ccc(NS(=O)(=O)c2ccc(I)cc2)cc1C(C)=O. The lowest BCUT2D eigenvalue weighted by Crippen LogP contribution is -2.13. The summed E-state index contributed by atoms with van der Waals surface area (Å²) >= 11 is 8.03. The zero-order valence-corrected chi connectivity index (χ0v) is 19.4. The van der Waals surface area contributed by atoms with Gasteiger partial charge in [-0.25, -0.2) is 8.42 Å². The molecule has 2 rings (SSSR count). The van der Waals surface area contributed by atoms with Crippen molar-refractivity contribution in [3.05, 3.63) is 75.0 Å². The number of aliphatic imine (C=N–C) groups is 1. The minimum Gasteiger partial charge on any atom is -0.457 e. The third-order valence-electron chi connectivity index (χ3n) is 3.53. The van der Waals surface area contributed by atoms with E-state index in [0.29, 0.717) is 5.03 Å². The van der Waals surface area contributed by atoms with Crippen molar-refractivity contribution >= 4 is 61.9 Å². The Bertz CT molecular complexity index is 1090. The lowest BCUT2D eigenvalue weighted by Gasteiger charge is -2.13. The summed E-state index contributed by atoms with van der Waals surface area (Å²) in [5.41, 5.74) is 0.432. The number of anilines is 1. The first-order valence-electron chi connectivity index (χ1n) is 8.22. The fourth-order valence-corrected chi connectivity index (χ4v) is 3.90. The van der Waals surface area contributed by atoms with Gasteiger partial charge in [0.1, 0.15) is 11.5 Å². The predicted molar refractivity (Wildman–Crippen MR) is 125 cm³/mol. The minimum absolute atomic E-state index is 0.119. The molecule has 0 spiro atoms. The number of nitrogens with zero attached hydrogens (tertiary/aromatic N) is 1. The summed E-state index contributed by atoms with van der Waals surface area (Å²) in [6.07, 6.45) is 2.87. The molecule has 0 aliphatic carbocycles. The maximum atomic E-state index is 12.6. The number of halogens is 2. The van der Waals surface area contributed by atoms with Gasteiger partial charge in [-0.15, -0.1) is 0 Å². The molecule has 0 fully saturated rings. The molecule has 152 valence electrons. The van der Waals surface area contributed by atoms with Crippen molar-refractivity contribution in [3.63, 3.8) is 0 Å². The largest absolute Gasteiger partial charge is 0.457 e. The zero-order valence-electron chi connectivity index (χ0n) is 15.6. The maximum Gasteiger partial charge on any atom is 0.261 e. The number of carbonyl (C=O) groups is 1. The molecule has 0 radical (unpaired) electrons. The molecule has 29 heavy (non-hydrogen) atoms. The van der Waals surface area contributed by atoms with Crippen LogP contribution in [0.2, 0.25) is 0 Å². The molecule has 0 aliphatic rings. The van der Waals surface area contributed by atoms with Gasteiger partial charge in [-0.1, -0.05) is 18.2 Å². The van der Waals surface area contributed by atoms with Gasteiger partial charge in [0.15, 0.2) is 5.78 Å². The molecule has 0 bridgehead atoms. The number of hydrogen-bond donors (Lipinski definition) is 1. The van der Waals surface area contributed by atoms with Crippen LogP contribution >= 0.6 is 34.2 Å². The van der Waals surface area contributed by atoms with E-state index in [9.17, 15) is 13.2 Å². The molecule has 2 aromatic carbocycles. The van der Waals surface area contributed by atoms with Crippen LogP contribution in [0.3, 0.4) is 0 Å². The molecule has 0 saturated heterocycles. The van der Waals surface area contributed by atoms with E-state index in [-0.39, 0.29) is 33.4 Å². The molecule has 0 heterocycles. The van der Waals surface area contributed by atoms with E-state index in [1.165, 1.54) is 49.5 Å². The number of rotatable bonds is 8. The Morgan fingerprint density at radius 1 is 1.24 bits per heavy atom. The van der Waals surface area contributed by atoms with Crippen molar-refractivity contribution in [2.75, 3.05) is 11.8 Å². The van der Waals surface area contributed by atoms with Crippen LogP contribution in [0.5, 0.6) is 5.75 Å². The Balaban J connectivity index is 2.29. The highest BCUT2D eigenvalue weighted by Gasteiger charge is 2.17. The van der Waals surface area contributed by atoms with E-state index in [1.54, 1.807) is 19.2 Å². The highest BCUT2D eigenvalue weighted by Crippen LogP contribution is 2.27. The van der Waals surface area contributed by atoms with Crippen LogP contribution in [0.1, 0.15) is 17.3 Å².